The Morgan fingerprint density at radius 2 is 2.12 bits per heavy atom. The van der Waals surface area contributed by atoms with Crippen molar-refractivity contribution in [3.05, 3.63) is 21.9 Å². The molecule has 1 aromatic heterocycles. The Morgan fingerprint density at radius 3 is 2.62 bits per heavy atom. The molecule has 1 amide bonds. The van der Waals surface area contributed by atoms with Crippen molar-refractivity contribution in [3.63, 3.8) is 0 Å². The van der Waals surface area contributed by atoms with Crippen molar-refractivity contribution in [1.82, 2.24) is 4.90 Å². The fourth-order valence-electron chi connectivity index (χ4n) is 1.53. The van der Waals surface area contributed by atoms with Crippen LogP contribution in [0.25, 0.3) is 0 Å². The Morgan fingerprint density at radius 1 is 1.38 bits per heavy atom. The fourth-order valence-corrected chi connectivity index (χ4v) is 2.64. The topological polar surface area (TPSA) is 20.3 Å². The number of amides is 1. The van der Waals surface area contributed by atoms with E-state index in [1.165, 1.54) is 4.88 Å². The highest BCUT2D eigenvalue weighted by Gasteiger charge is 2.16. The lowest BCUT2D eigenvalue weighted by Crippen LogP contribution is -2.32. The van der Waals surface area contributed by atoms with Crippen LogP contribution in [0.4, 0.5) is 0 Å². The molecule has 0 aliphatic heterocycles. The van der Waals surface area contributed by atoms with Crippen LogP contribution in [0, 0.1) is 0 Å². The van der Waals surface area contributed by atoms with Gasteiger partial charge in [-0.2, -0.15) is 0 Å². The average Bonchev–Trinajstić information content (AvgIpc) is 2.76. The summed E-state index contributed by atoms with van der Waals surface area (Å²) in [4.78, 5) is 16.0. The van der Waals surface area contributed by atoms with E-state index in [2.05, 4.69) is 13.8 Å². The van der Waals surface area contributed by atoms with Crippen LogP contribution < -0.4 is 0 Å². The molecule has 1 aromatic rings. The first-order valence-electron chi connectivity index (χ1n) is 5.66. The normalized spacial score (nSPS) is 10.4. The molecule has 0 saturated heterocycles. The Labute approximate surface area is 106 Å². The molecule has 0 bridgehead atoms. The maximum absolute atomic E-state index is 12.1. The van der Waals surface area contributed by atoms with Gasteiger partial charge < -0.3 is 4.90 Å². The summed E-state index contributed by atoms with van der Waals surface area (Å²) in [6.45, 7) is 5.58. The molecule has 0 radical (unpaired) electrons. The van der Waals surface area contributed by atoms with Crippen LogP contribution >= 0.6 is 22.9 Å². The number of alkyl halides is 1. The van der Waals surface area contributed by atoms with Crippen molar-refractivity contribution in [2.75, 3.05) is 19.0 Å². The van der Waals surface area contributed by atoms with E-state index in [0.717, 1.165) is 24.3 Å². The Kier molecular flexibility index (Phi) is 5.85. The second-order valence-electron chi connectivity index (χ2n) is 3.60. The monoisotopic (exact) mass is 259 g/mol. The first-order chi connectivity index (χ1) is 7.72. The number of nitrogens with zero attached hydrogens (tertiary/aromatic N) is 1. The third-order valence-electron chi connectivity index (χ3n) is 2.36. The van der Waals surface area contributed by atoms with Crippen molar-refractivity contribution < 1.29 is 4.79 Å². The van der Waals surface area contributed by atoms with Gasteiger partial charge in [0, 0.05) is 23.8 Å². The molecule has 16 heavy (non-hydrogen) atoms. The van der Waals surface area contributed by atoms with E-state index in [1.807, 2.05) is 17.0 Å². The number of carbonyl (C=O) groups is 1. The van der Waals surface area contributed by atoms with E-state index in [-0.39, 0.29) is 5.91 Å². The van der Waals surface area contributed by atoms with Crippen molar-refractivity contribution in [2.24, 2.45) is 0 Å². The smallest absolute Gasteiger partial charge is 0.263 e. The minimum Gasteiger partial charge on any atom is -0.337 e. The molecule has 90 valence electrons. The van der Waals surface area contributed by atoms with Crippen LogP contribution in [0.2, 0.25) is 0 Å². The molecule has 0 atom stereocenters. The van der Waals surface area contributed by atoms with E-state index in [0.29, 0.717) is 12.4 Å². The Hall–Kier alpha value is -0.540. The standard InChI is InChI=1S/C12H18ClNOS/c1-3-8-14(9-7-13)12(15)11-6-5-10(4-2)16-11/h5-6H,3-4,7-9H2,1-2H3. The summed E-state index contributed by atoms with van der Waals surface area (Å²) in [6.07, 6.45) is 1.95. The summed E-state index contributed by atoms with van der Waals surface area (Å²) in [7, 11) is 0. The number of thiophene rings is 1. The lowest BCUT2D eigenvalue weighted by atomic mass is 10.3. The first kappa shape index (κ1) is 13.5. The third-order valence-corrected chi connectivity index (χ3v) is 3.74. The van der Waals surface area contributed by atoms with Gasteiger partial charge in [0.15, 0.2) is 0 Å². The lowest BCUT2D eigenvalue weighted by Gasteiger charge is -2.19. The largest absolute Gasteiger partial charge is 0.337 e. The molecule has 1 rings (SSSR count). The number of halogens is 1. The Balaban J connectivity index is 2.72. The third kappa shape index (κ3) is 3.49. The quantitative estimate of drug-likeness (QED) is 0.717. The van der Waals surface area contributed by atoms with E-state index in [1.54, 1.807) is 11.3 Å². The number of hydrogen-bond acceptors (Lipinski definition) is 2. The second-order valence-corrected chi connectivity index (χ2v) is 5.15. The summed E-state index contributed by atoms with van der Waals surface area (Å²) < 4.78 is 0. The van der Waals surface area contributed by atoms with E-state index >= 15 is 0 Å². The zero-order valence-electron chi connectivity index (χ0n) is 9.83. The number of rotatable bonds is 6. The van der Waals surface area contributed by atoms with Gasteiger partial charge in [-0.1, -0.05) is 13.8 Å². The lowest BCUT2D eigenvalue weighted by molar-refractivity contribution is 0.0770. The minimum atomic E-state index is 0.118. The predicted octanol–water partition coefficient (Wildman–Crippen LogP) is 3.40. The number of aryl methyl sites for hydroxylation is 1. The molecular formula is C12H18ClNOS. The van der Waals surface area contributed by atoms with Crippen LogP contribution in [0.5, 0.6) is 0 Å². The van der Waals surface area contributed by atoms with Gasteiger partial charge in [0.1, 0.15) is 0 Å². The molecule has 0 fully saturated rings. The first-order valence-corrected chi connectivity index (χ1v) is 7.02. The van der Waals surface area contributed by atoms with E-state index < -0.39 is 0 Å². The molecule has 2 nitrogen and oxygen atoms in total. The maximum Gasteiger partial charge on any atom is 0.263 e. The molecule has 0 aliphatic rings. The molecule has 0 spiro atoms. The van der Waals surface area contributed by atoms with Gasteiger partial charge in [-0.3, -0.25) is 4.79 Å². The van der Waals surface area contributed by atoms with Crippen LogP contribution in [-0.2, 0) is 6.42 Å². The molecule has 4 heteroatoms. The van der Waals surface area contributed by atoms with Gasteiger partial charge >= 0.3 is 0 Å². The van der Waals surface area contributed by atoms with Crippen LogP contribution in [0.3, 0.4) is 0 Å². The maximum atomic E-state index is 12.1. The number of hydrogen-bond donors (Lipinski definition) is 0. The van der Waals surface area contributed by atoms with Crippen molar-refractivity contribution in [3.8, 4) is 0 Å². The highest BCUT2D eigenvalue weighted by molar-refractivity contribution is 7.14. The van der Waals surface area contributed by atoms with Crippen LogP contribution in [0.1, 0.15) is 34.8 Å². The Bertz CT molecular complexity index is 332. The molecule has 0 unspecified atom stereocenters. The summed E-state index contributed by atoms with van der Waals surface area (Å²) in [6, 6.07) is 3.95. The van der Waals surface area contributed by atoms with Gasteiger partial charge in [-0.25, -0.2) is 0 Å². The number of carbonyl (C=O) groups excluding carboxylic acids is 1. The summed E-state index contributed by atoms with van der Waals surface area (Å²) in [5, 5.41) is 0. The summed E-state index contributed by atoms with van der Waals surface area (Å²) in [5.74, 6) is 0.616. The second kappa shape index (κ2) is 6.92. The highest BCUT2D eigenvalue weighted by atomic mass is 35.5. The average molecular weight is 260 g/mol. The molecule has 0 N–H and O–H groups in total. The zero-order valence-corrected chi connectivity index (χ0v) is 11.4. The van der Waals surface area contributed by atoms with Crippen LogP contribution in [-0.4, -0.2) is 29.8 Å². The van der Waals surface area contributed by atoms with E-state index in [9.17, 15) is 4.79 Å². The zero-order chi connectivity index (χ0) is 12.0. The SMILES string of the molecule is CCCN(CCCl)C(=O)c1ccc(CC)s1. The summed E-state index contributed by atoms with van der Waals surface area (Å²) in [5.41, 5.74) is 0. The molecular weight excluding hydrogens is 242 g/mol. The van der Waals surface area contributed by atoms with Crippen molar-refractivity contribution in [1.29, 1.82) is 0 Å². The predicted molar refractivity (Wildman–Crippen MR) is 70.6 cm³/mol. The van der Waals surface area contributed by atoms with E-state index in [4.69, 9.17) is 11.6 Å². The van der Waals surface area contributed by atoms with Gasteiger partial charge in [0.2, 0.25) is 0 Å². The van der Waals surface area contributed by atoms with Gasteiger partial charge in [0.25, 0.3) is 5.91 Å². The molecule has 1 heterocycles. The molecule has 0 aromatic carbocycles. The molecule has 0 aliphatic carbocycles. The van der Waals surface area contributed by atoms with Crippen molar-refractivity contribution >= 4 is 28.8 Å². The van der Waals surface area contributed by atoms with Gasteiger partial charge in [0.05, 0.1) is 4.88 Å². The van der Waals surface area contributed by atoms with Gasteiger partial charge in [-0.15, -0.1) is 22.9 Å². The molecule has 0 saturated carbocycles. The minimum absolute atomic E-state index is 0.118. The van der Waals surface area contributed by atoms with Crippen LogP contribution in [0.15, 0.2) is 12.1 Å². The highest BCUT2D eigenvalue weighted by Crippen LogP contribution is 2.19. The summed E-state index contributed by atoms with van der Waals surface area (Å²) >= 11 is 7.29. The fraction of sp³-hybridized carbons (Fsp3) is 0.583. The van der Waals surface area contributed by atoms with Gasteiger partial charge in [-0.05, 0) is 25.0 Å². The van der Waals surface area contributed by atoms with Crippen molar-refractivity contribution in [2.45, 2.75) is 26.7 Å².